The molecule has 0 bridgehead atoms. The molecule has 29 heavy (non-hydrogen) atoms. The SMILES string of the molecule is C=C1C(=O)O[C@@H]2/C=C(/C)[C@@H](OC(C)=O)C[C@H](O)/C(C)=C\[C@@H](OC(=O)/C(C)=C/C)[C@@H]12. The number of esters is 3. The van der Waals surface area contributed by atoms with Crippen LogP contribution in [0.3, 0.4) is 0 Å². The first kappa shape index (κ1) is 22.6. The quantitative estimate of drug-likeness (QED) is 0.334. The maximum absolute atomic E-state index is 12.4. The molecule has 7 nitrogen and oxygen atoms in total. The standard InChI is InChI=1S/C22H28O7/c1-7-11(2)21(25)28-18-8-12(3)16(24)10-17(27-15(6)23)13(4)9-19-20(18)14(5)22(26)29-19/h7-9,16-20,24H,5,10H2,1-4,6H3/b11-7+,12-8-,13-9-/t16-,17-,18+,19+,20+/m0/s1. The number of hydrogen-bond donors (Lipinski definition) is 1. The lowest BCUT2D eigenvalue weighted by molar-refractivity contribution is -0.147. The van der Waals surface area contributed by atoms with Crippen LogP contribution in [0.4, 0.5) is 0 Å². The van der Waals surface area contributed by atoms with Crippen molar-refractivity contribution >= 4 is 17.9 Å². The molecule has 0 unspecified atom stereocenters. The first-order chi connectivity index (χ1) is 13.5. The molecular weight excluding hydrogens is 376 g/mol. The van der Waals surface area contributed by atoms with E-state index < -0.39 is 48.2 Å². The summed E-state index contributed by atoms with van der Waals surface area (Å²) in [5, 5.41) is 10.6. The number of allylic oxidation sites excluding steroid dienone is 1. The largest absolute Gasteiger partial charge is 0.458 e. The number of rotatable bonds is 3. The van der Waals surface area contributed by atoms with Crippen molar-refractivity contribution in [1.29, 1.82) is 0 Å². The van der Waals surface area contributed by atoms with E-state index in [0.29, 0.717) is 16.7 Å². The van der Waals surface area contributed by atoms with Crippen molar-refractivity contribution in [3.63, 3.8) is 0 Å². The van der Waals surface area contributed by atoms with Crippen LogP contribution < -0.4 is 0 Å². The van der Waals surface area contributed by atoms with Gasteiger partial charge in [-0.25, -0.2) is 9.59 Å². The zero-order valence-corrected chi connectivity index (χ0v) is 17.4. The fourth-order valence-electron chi connectivity index (χ4n) is 3.33. The molecule has 1 heterocycles. The van der Waals surface area contributed by atoms with E-state index in [1.54, 1.807) is 45.9 Å². The van der Waals surface area contributed by atoms with Gasteiger partial charge in [-0.05, 0) is 51.0 Å². The maximum Gasteiger partial charge on any atom is 0.334 e. The van der Waals surface area contributed by atoms with E-state index in [-0.39, 0.29) is 12.0 Å². The van der Waals surface area contributed by atoms with Gasteiger partial charge < -0.3 is 19.3 Å². The lowest BCUT2D eigenvalue weighted by Gasteiger charge is -2.29. The minimum absolute atomic E-state index is 0.130. The van der Waals surface area contributed by atoms with Crippen LogP contribution in [0.25, 0.3) is 0 Å². The highest BCUT2D eigenvalue weighted by molar-refractivity contribution is 5.92. The van der Waals surface area contributed by atoms with Crippen LogP contribution in [0.15, 0.2) is 47.1 Å². The van der Waals surface area contributed by atoms with E-state index >= 15 is 0 Å². The number of aliphatic hydroxyl groups is 1. The Balaban J connectivity index is 2.52. The topological polar surface area (TPSA) is 99.1 Å². The van der Waals surface area contributed by atoms with Gasteiger partial charge >= 0.3 is 17.9 Å². The summed E-state index contributed by atoms with van der Waals surface area (Å²) in [6.45, 7) is 11.9. The number of carbonyl (C=O) groups is 3. The van der Waals surface area contributed by atoms with Crippen molar-refractivity contribution in [1.82, 2.24) is 0 Å². The highest BCUT2D eigenvalue weighted by Crippen LogP contribution is 2.36. The van der Waals surface area contributed by atoms with Crippen molar-refractivity contribution in [3.8, 4) is 0 Å². The molecule has 1 N–H and O–H groups in total. The van der Waals surface area contributed by atoms with Gasteiger partial charge in [-0.1, -0.05) is 12.7 Å². The van der Waals surface area contributed by atoms with Crippen molar-refractivity contribution in [2.75, 3.05) is 0 Å². The monoisotopic (exact) mass is 404 g/mol. The minimum atomic E-state index is -0.936. The normalized spacial score (nSPS) is 34.1. The molecule has 2 aliphatic rings. The number of hydrogen-bond acceptors (Lipinski definition) is 7. The molecular formula is C22H28O7. The maximum atomic E-state index is 12.4. The van der Waals surface area contributed by atoms with Crippen molar-refractivity contribution in [2.45, 2.75) is 65.5 Å². The van der Waals surface area contributed by atoms with Gasteiger partial charge in [0, 0.05) is 24.5 Å². The Labute approximate surface area is 170 Å². The summed E-state index contributed by atoms with van der Waals surface area (Å²) in [4.78, 5) is 36.1. The molecule has 0 radical (unpaired) electrons. The fourth-order valence-corrected chi connectivity index (χ4v) is 3.33. The second-order valence-corrected chi connectivity index (χ2v) is 7.43. The average molecular weight is 404 g/mol. The van der Waals surface area contributed by atoms with Crippen LogP contribution in [-0.2, 0) is 28.6 Å². The van der Waals surface area contributed by atoms with Crippen molar-refractivity contribution < 1.29 is 33.7 Å². The molecule has 1 aliphatic heterocycles. The van der Waals surface area contributed by atoms with Gasteiger partial charge in [0.2, 0.25) is 0 Å². The predicted octanol–water partition coefficient (Wildman–Crippen LogP) is 2.55. The molecule has 0 saturated carbocycles. The molecule has 158 valence electrons. The summed E-state index contributed by atoms with van der Waals surface area (Å²) in [6.07, 6.45) is 1.82. The highest BCUT2D eigenvalue weighted by atomic mass is 16.6. The van der Waals surface area contributed by atoms with Crippen LogP contribution in [0.5, 0.6) is 0 Å². The molecule has 0 spiro atoms. The van der Waals surface area contributed by atoms with Crippen LogP contribution in [0, 0.1) is 5.92 Å². The summed E-state index contributed by atoms with van der Waals surface area (Å²) in [6, 6.07) is 0. The summed E-state index contributed by atoms with van der Waals surface area (Å²) < 4.78 is 16.4. The Morgan fingerprint density at radius 3 is 2.45 bits per heavy atom. The second kappa shape index (κ2) is 9.22. The van der Waals surface area contributed by atoms with E-state index in [0.717, 1.165) is 0 Å². The predicted molar refractivity (Wildman–Crippen MR) is 106 cm³/mol. The van der Waals surface area contributed by atoms with Crippen LogP contribution in [-0.4, -0.2) is 47.4 Å². The first-order valence-electron chi connectivity index (χ1n) is 9.50. The molecule has 0 amide bonds. The van der Waals surface area contributed by atoms with Crippen molar-refractivity contribution in [3.05, 3.63) is 47.1 Å². The lowest BCUT2D eigenvalue weighted by atomic mass is 9.85. The van der Waals surface area contributed by atoms with Crippen LogP contribution in [0.2, 0.25) is 0 Å². The third-order valence-corrected chi connectivity index (χ3v) is 5.25. The third kappa shape index (κ3) is 5.23. The fraction of sp³-hybridized carbons (Fsp3) is 0.500. The van der Waals surface area contributed by atoms with Gasteiger partial charge in [-0.15, -0.1) is 0 Å². The third-order valence-electron chi connectivity index (χ3n) is 5.25. The van der Waals surface area contributed by atoms with Crippen LogP contribution in [0.1, 0.15) is 41.0 Å². The highest BCUT2D eigenvalue weighted by Gasteiger charge is 2.44. The van der Waals surface area contributed by atoms with Crippen LogP contribution >= 0.6 is 0 Å². The van der Waals surface area contributed by atoms with Gasteiger partial charge in [0.05, 0.1) is 12.0 Å². The summed E-state index contributed by atoms with van der Waals surface area (Å²) in [5.41, 5.74) is 1.75. The lowest BCUT2D eigenvalue weighted by Crippen LogP contribution is -2.34. The Hall–Kier alpha value is -2.67. The molecule has 1 saturated heterocycles. The summed E-state index contributed by atoms with van der Waals surface area (Å²) in [5.74, 6) is -2.25. The van der Waals surface area contributed by atoms with E-state index in [1.165, 1.54) is 6.92 Å². The van der Waals surface area contributed by atoms with Gasteiger partial charge in [0.1, 0.15) is 18.3 Å². The Morgan fingerprint density at radius 1 is 1.21 bits per heavy atom. The van der Waals surface area contributed by atoms with Gasteiger partial charge in [0.15, 0.2) is 0 Å². The molecule has 0 aromatic rings. The number of ether oxygens (including phenoxy) is 3. The molecule has 1 fully saturated rings. The smallest absolute Gasteiger partial charge is 0.334 e. The summed E-state index contributed by atoms with van der Waals surface area (Å²) >= 11 is 0. The number of carbonyl (C=O) groups excluding carboxylic acids is 3. The van der Waals surface area contributed by atoms with E-state index in [1.807, 2.05) is 0 Å². The molecule has 0 aromatic heterocycles. The number of fused-ring (bicyclic) bond motifs is 1. The molecule has 7 heteroatoms. The molecule has 1 aliphatic carbocycles. The second-order valence-electron chi connectivity index (χ2n) is 7.43. The molecule has 2 rings (SSSR count). The van der Waals surface area contributed by atoms with E-state index in [4.69, 9.17) is 14.2 Å². The van der Waals surface area contributed by atoms with E-state index in [2.05, 4.69) is 6.58 Å². The first-order valence-corrected chi connectivity index (χ1v) is 9.50. The average Bonchev–Trinajstić information content (AvgIpc) is 2.92. The van der Waals surface area contributed by atoms with Crippen molar-refractivity contribution in [2.24, 2.45) is 5.92 Å². The summed E-state index contributed by atoms with van der Waals surface area (Å²) in [7, 11) is 0. The van der Waals surface area contributed by atoms with Gasteiger partial charge in [-0.2, -0.15) is 0 Å². The Kier molecular flexibility index (Phi) is 7.19. The Bertz CT molecular complexity index is 802. The molecule has 0 aromatic carbocycles. The number of aliphatic hydroxyl groups excluding tert-OH is 1. The van der Waals surface area contributed by atoms with E-state index in [9.17, 15) is 19.5 Å². The zero-order chi connectivity index (χ0) is 21.9. The molecule has 5 atom stereocenters. The Morgan fingerprint density at radius 2 is 1.86 bits per heavy atom. The van der Waals surface area contributed by atoms with Gasteiger partial charge in [-0.3, -0.25) is 4.79 Å². The minimum Gasteiger partial charge on any atom is -0.458 e. The van der Waals surface area contributed by atoms with Gasteiger partial charge in [0.25, 0.3) is 0 Å². The zero-order valence-electron chi connectivity index (χ0n) is 17.4.